The van der Waals surface area contributed by atoms with E-state index in [2.05, 4.69) is 6.92 Å². The minimum atomic E-state index is -1.16. The molecule has 0 bridgehead atoms. The number of hydrogen-bond acceptors (Lipinski definition) is 2. The molecule has 0 aliphatic heterocycles. The molecule has 0 aromatic heterocycles. The second-order valence-corrected chi connectivity index (χ2v) is 4.47. The zero-order chi connectivity index (χ0) is 12.2. The average molecular weight is 230 g/mol. The highest BCUT2D eigenvalue weighted by Crippen LogP contribution is 2.11. The highest BCUT2D eigenvalue weighted by atomic mass is 16.4. The normalized spacial score (nSPS) is 12.6. The lowest BCUT2D eigenvalue weighted by Gasteiger charge is -2.04. The molecule has 1 atom stereocenters. The first kappa shape index (κ1) is 15.4. The number of hydrogen-bond donors (Lipinski definition) is 2. The van der Waals surface area contributed by atoms with Crippen molar-refractivity contribution < 1.29 is 15.0 Å². The van der Waals surface area contributed by atoms with Gasteiger partial charge in [-0.3, -0.25) is 0 Å². The molecule has 0 amide bonds. The van der Waals surface area contributed by atoms with Gasteiger partial charge in [-0.15, -0.1) is 0 Å². The van der Waals surface area contributed by atoms with Gasteiger partial charge < -0.3 is 10.2 Å². The quantitative estimate of drug-likeness (QED) is 0.535. The maximum absolute atomic E-state index is 10.3. The number of carboxylic acid groups (broad SMARTS) is 1. The fraction of sp³-hybridized carbons (Fsp3) is 0.923. The zero-order valence-electron chi connectivity index (χ0n) is 10.5. The number of aliphatic carboxylic acids is 1. The van der Waals surface area contributed by atoms with E-state index in [1.54, 1.807) is 0 Å². The van der Waals surface area contributed by atoms with E-state index in [1.807, 2.05) is 0 Å². The van der Waals surface area contributed by atoms with Crippen LogP contribution in [0.15, 0.2) is 0 Å². The summed E-state index contributed by atoms with van der Waals surface area (Å²) >= 11 is 0. The molecule has 0 saturated heterocycles. The van der Waals surface area contributed by atoms with Crippen LogP contribution in [0.3, 0.4) is 0 Å². The summed E-state index contributed by atoms with van der Waals surface area (Å²) in [5.41, 5.74) is 0. The van der Waals surface area contributed by atoms with Crippen LogP contribution < -0.4 is 0 Å². The summed E-state index contributed by atoms with van der Waals surface area (Å²) in [6.45, 7) is 2.22. The van der Waals surface area contributed by atoms with Gasteiger partial charge in [0.15, 0.2) is 6.10 Å². The van der Waals surface area contributed by atoms with Crippen LogP contribution in [0, 0.1) is 0 Å². The monoisotopic (exact) mass is 230 g/mol. The van der Waals surface area contributed by atoms with Crippen molar-refractivity contribution in [3.05, 3.63) is 0 Å². The molecule has 0 fully saturated rings. The van der Waals surface area contributed by atoms with Crippen LogP contribution in [0.1, 0.15) is 71.1 Å². The third kappa shape index (κ3) is 9.97. The maximum Gasteiger partial charge on any atom is 0.332 e. The van der Waals surface area contributed by atoms with E-state index in [-0.39, 0.29) is 0 Å². The summed E-state index contributed by atoms with van der Waals surface area (Å²) in [5.74, 6) is -1.10. The molecule has 0 unspecified atom stereocenters. The van der Waals surface area contributed by atoms with E-state index in [0.29, 0.717) is 6.42 Å². The van der Waals surface area contributed by atoms with Crippen LogP contribution in [0.25, 0.3) is 0 Å². The largest absolute Gasteiger partial charge is 0.479 e. The van der Waals surface area contributed by atoms with Gasteiger partial charge in [0.2, 0.25) is 0 Å². The molecular formula is C13H26O3. The minimum absolute atomic E-state index is 0.394. The van der Waals surface area contributed by atoms with Crippen molar-refractivity contribution in [1.29, 1.82) is 0 Å². The number of unbranched alkanes of at least 4 members (excludes halogenated alkanes) is 8. The summed E-state index contributed by atoms with van der Waals surface area (Å²) in [4.78, 5) is 10.3. The van der Waals surface area contributed by atoms with Crippen LogP contribution in [-0.4, -0.2) is 22.3 Å². The fourth-order valence-corrected chi connectivity index (χ4v) is 1.77. The Hall–Kier alpha value is -0.570. The number of aliphatic hydroxyl groups excluding tert-OH is 1. The Labute approximate surface area is 98.9 Å². The van der Waals surface area contributed by atoms with Crippen molar-refractivity contribution in [3.8, 4) is 0 Å². The third-order valence-corrected chi connectivity index (χ3v) is 2.87. The van der Waals surface area contributed by atoms with Crippen LogP contribution >= 0.6 is 0 Å². The molecule has 0 spiro atoms. The Balaban J connectivity index is 3.07. The Kier molecular flexibility index (Phi) is 10.5. The summed E-state index contributed by atoms with van der Waals surface area (Å²) in [5, 5.41) is 17.5. The van der Waals surface area contributed by atoms with Crippen LogP contribution in [-0.2, 0) is 4.79 Å². The van der Waals surface area contributed by atoms with Gasteiger partial charge in [-0.05, 0) is 6.42 Å². The lowest BCUT2D eigenvalue weighted by Crippen LogP contribution is -2.18. The van der Waals surface area contributed by atoms with Crippen molar-refractivity contribution in [1.82, 2.24) is 0 Å². The van der Waals surface area contributed by atoms with Crippen LogP contribution in [0.2, 0.25) is 0 Å². The number of rotatable bonds is 11. The van der Waals surface area contributed by atoms with Gasteiger partial charge in [-0.2, -0.15) is 0 Å². The van der Waals surface area contributed by atoms with Gasteiger partial charge in [0.25, 0.3) is 0 Å². The second kappa shape index (κ2) is 10.9. The van der Waals surface area contributed by atoms with Crippen molar-refractivity contribution in [2.24, 2.45) is 0 Å². The molecule has 0 rings (SSSR count). The Morgan fingerprint density at radius 2 is 1.38 bits per heavy atom. The predicted molar refractivity (Wildman–Crippen MR) is 65.5 cm³/mol. The molecule has 3 heteroatoms. The van der Waals surface area contributed by atoms with Crippen LogP contribution in [0.5, 0.6) is 0 Å². The Morgan fingerprint density at radius 1 is 0.938 bits per heavy atom. The SMILES string of the molecule is CCCCCCCCCCC[C@@H](O)C(=O)O. The van der Waals surface area contributed by atoms with E-state index in [1.165, 1.54) is 44.9 Å². The van der Waals surface area contributed by atoms with E-state index in [9.17, 15) is 4.79 Å². The van der Waals surface area contributed by atoms with Crippen LogP contribution in [0.4, 0.5) is 0 Å². The summed E-state index contributed by atoms with van der Waals surface area (Å²) in [6.07, 6.45) is 10.1. The minimum Gasteiger partial charge on any atom is -0.479 e. The lowest BCUT2D eigenvalue weighted by atomic mass is 10.1. The van der Waals surface area contributed by atoms with E-state index in [0.717, 1.165) is 12.8 Å². The first-order valence-electron chi connectivity index (χ1n) is 6.59. The topological polar surface area (TPSA) is 57.5 Å². The molecule has 0 aliphatic rings. The zero-order valence-corrected chi connectivity index (χ0v) is 10.5. The molecule has 3 nitrogen and oxygen atoms in total. The van der Waals surface area contributed by atoms with Gasteiger partial charge >= 0.3 is 5.97 Å². The Bertz CT molecular complexity index is 169. The Morgan fingerprint density at radius 3 is 1.81 bits per heavy atom. The molecule has 0 radical (unpaired) electrons. The maximum atomic E-state index is 10.3. The average Bonchev–Trinajstić information content (AvgIpc) is 2.26. The van der Waals surface area contributed by atoms with E-state index < -0.39 is 12.1 Å². The molecule has 0 aliphatic carbocycles. The molecule has 2 N–H and O–H groups in total. The van der Waals surface area contributed by atoms with Crippen molar-refractivity contribution in [2.75, 3.05) is 0 Å². The first-order chi connectivity index (χ1) is 7.68. The number of carbonyl (C=O) groups is 1. The van der Waals surface area contributed by atoms with Gasteiger partial charge in [0, 0.05) is 0 Å². The highest BCUT2D eigenvalue weighted by molar-refractivity contribution is 5.71. The summed E-state index contributed by atoms with van der Waals surface area (Å²) < 4.78 is 0. The molecule has 0 saturated carbocycles. The predicted octanol–water partition coefficient (Wildman–Crippen LogP) is 3.35. The van der Waals surface area contributed by atoms with Gasteiger partial charge in [0.1, 0.15) is 0 Å². The van der Waals surface area contributed by atoms with Crippen molar-refractivity contribution in [2.45, 2.75) is 77.2 Å². The molecule has 0 aromatic rings. The molecule has 0 heterocycles. The summed E-state index contributed by atoms with van der Waals surface area (Å²) in [7, 11) is 0. The fourth-order valence-electron chi connectivity index (χ4n) is 1.77. The second-order valence-electron chi connectivity index (χ2n) is 4.47. The molecule has 96 valence electrons. The van der Waals surface area contributed by atoms with Gasteiger partial charge in [-0.25, -0.2) is 4.79 Å². The van der Waals surface area contributed by atoms with E-state index in [4.69, 9.17) is 10.2 Å². The van der Waals surface area contributed by atoms with Gasteiger partial charge in [-0.1, -0.05) is 64.7 Å². The highest BCUT2D eigenvalue weighted by Gasteiger charge is 2.11. The van der Waals surface area contributed by atoms with Gasteiger partial charge in [0.05, 0.1) is 0 Å². The lowest BCUT2D eigenvalue weighted by molar-refractivity contribution is -0.146. The standard InChI is InChI=1S/C13H26O3/c1-2-3-4-5-6-7-8-9-10-11-12(14)13(15)16/h12,14H,2-11H2,1H3,(H,15,16)/t12-/m1/s1. The van der Waals surface area contributed by atoms with E-state index >= 15 is 0 Å². The molecular weight excluding hydrogens is 204 g/mol. The third-order valence-electron chi connectivity index (χ3n) is 2.87. The number of carboxylic acids is 1. The molecule has 0 aromatic carbocycles. The van der Waals surface area contributed by atoms with Crippen molar-refractivity contribution in [3.63, 3.8) is 0 Å². The smallest absolute Gasteiger partial charge is 0.332 e. The van der Waals surface area contributed by atoms with Crippen molar-refractivity contribution >= 4 is 5.97 Å². The molecule has 16 heavy (non-hydrogen) atoms. The number of aliphatic hydroxyl groups is 1. The summed E-state index contributed by atoms with van der Waals surface area (Å²) in [6, 6.07) is 0. The first-order valence-corrected chi connectivity index (χ1v) is 6.59.